The number of carboxylic acid groups (broad SMARTS) is 1. The maximum absolute atomic E-state index is 11.1. The average Bonchev–Trinajstić information content (AvgIpc) is 2.73. The Bertz CT molecular complexity index is 284. The Morgan fingerprint density at radius 1 is 1.47 bits per heavy atom. The molecule has 2 atom stereocenters. The lowest BCUT2D eigenvalue weighted by Crippen LogP contribution is -2.54. The van der Waals surface area contributed by atoms with Crippen LogP contribution in [0.25, 0.3) is 0 Å². The van der Waals surface area contributed by atoms with Crippen LogP contribution in [0.15, 0.2) is 0 Å². The summed E-state index contributed by atoms with van der Waals surface area (Å²) < 4.78 is 5.66. The molecule has 4 nitrogen and oxygen atoms in total. The molecule has 0 spiro atoms. The van der Waals surface area contributed by atoms with Crippen molar-refractivity contribution in [3.63, 3.8) is 0 Å². The van der Waals surface area contributed by atoms with Crippen molar-refractivity contribution < 1.29 is 14.6 Å². The Labute approximate surface area is 103 Å². The number of carboxylic acids is 1. The summed E-state index contributed by atoms with van der Waals surface area (Å²) in [6.45, 7) is 6.83. The van der Waals surface area contributed by atoms with Crippen LogP contribution in [-0.4, -0.2) is 47.3 Å². The van der Waals surface area contributed by atoms with Gasteiger partial charge in [0.25, 0.3) is 0 Å². The Morgan fingerprint density at radius 2 is 2.24 bits per heavy atom. The number of rotatable bonds is 3. The SMILES string of the molecule is CC1(C)CCC(C(=O)O)CN1CC1CCCO1. The zero-order valence-electron chi connectivity index (χ0n) is 10.8. The molecule has 2 saturated heterocycles. The second kappa shape index (κ2) is 4.94. The van der Waals surface area contributed by atoms with Crippen molar-refractivity contribution in [3.05, 3.63) is 0 Å². The van der Waals surface area contributed by atoms with E-state index in [4.69, 9.17) is 9.84 Å². The Hall–Kier alpha value is -0.610. The number of hydrogen-bond donors (Lipinski definition) is 1. The fraction of sp³-hybridized carbons (Fsp3) is 0.923. The molecule has 0 amide bonds. The average molecular weight is 241 g/mol. The van der Waals surface area contributed by atoms with Crippen LogP contribution >= 0.6 is 0 Å². The van der Waals surface area contributed by atoms with Crippen LogP contribution in [0, 0.1) is 5.92 Å². The molecule has 0 saturated carbocycles. The molecule has 0 aromatic carbocycles. The van der Waals surface area contributed by atoms with Crippen molar-refractivity contribution in [2.24, 2.45) is 5.92 Å². The molecule has 98 valence electrons. The van der Waals surface area contributed by atoms with Gasteiger partial charge in [-0.2, -0.15) is 0 Å². The fourth-order valence-corrected chi connectivity index (χ4v) is 2.85. The van der Waals surface area contributed by atoms with Gasteiger partial charge in [-0.15, -0.1) is 0 Å². The predicted octanol–water partition coefficient (Wildman–Crippen LogP) is 1.74. The largest absolute Gasteiger partial charge is 0.481 e. The summed E-state index contributed by atoms with van der Waals surface area (Å²) in [5.41, 5.74) is 0.109. The van der Waals surface area contributed by atoms with E-state index in [1.54, 1.807) is 0 Å². The zero-order chi connectivity index (χ0) is 12.5. The van der Waals surface area contributed by atoms with Crippen LogP contribution in [0.2, 0.25) is 0 Å². The molecule has 0 radical (unpaired) electrons. The second-order valence-electron chi connectivity index (χ2n) is 5.93. The first-order chi connectivity index (χ1) is 7.99. The summed E-state index contributed by atoms with van der Waals surface area (Å²) >= 11 is 0. The highest BCUT2D eigenvalue weighted by molar-refractivity contribution is 5.70. The third kappa shape index (κ3) is 2.99. The Balaban J connectivity index is 1.97. The second-order valence-corrected chi connectivity index (χ2v) is 5.93. The number of hydrogen-bond acceptors (Lipinski definition) is 3. The molecule has 0 aromatic rings. The van der Waals surface area contributed by atoms with E-state index in [-0.39, 0.29) is 11.5 Å². The van der Waals surface area contributed by atoms with Gasteiger partial charge >= 0.3 is 5.97 Å². The standard InChI is InChI=1S/C13H23NO3/c1-13(2)6-5-10(12(15)16)8-14(13)9-11-4-3-7-17-11/h10-11H,3-9H2,1-2H3,(H,15,16). The monoisotopic (exact) mass is 241 g/mol. The lowest BCUT2D eigenvalue weighted by Gasteiger charge is -2.45. The van der Waals surface area contributed by atoms with Crippen molar-refractivity contribution in [3.8, 4) is 0 Å². The highest BCUT2D eigenvalue weighted by atomic mass is 16.5. The minimum atomic E-state index is -0.655. The van der Waals surface area contributed by atoms with E-state index in [1.165, 1.54) is 0 Å². The first-order valence-electron chi connectivity index (χ1n) is 6.58. The molecule has 1 N–H and O–H groups in total. The van der Waals surface area contributed by atoms with Gasteiger partial charge in [0, 0.05) is 25.2 Å². The molecule has 2 aliphatic rings. The number of aliphatic carboxylic acids is 1. The molecule has 2 heterocycles. The summed E-state index contributed by atoms with van der Waals surface area (Å²) in [5.74, 6) is -0.859. The molecular weight excluding hydrogens is 218 g/mol. The van der Waals surface area contributed by atoms with Gasteiger partial charge in [-0.25, -0.2) is 0 Å². The van der Waals surface area contributed by atoms with E-state index in [2.05, 4.69) is 18.7 Å². The summed E-state index contributed by atoms with van der Waals surface area (Å²) in [6.07, 6.45) is 4.31. The van der Waals surface area contributed by atoms with Gasteiger partial charge in [0.15, 0.2) is 0 Å². The number of carbonyl (C=O) groups is 1. The van der Waals surface area contributed by atoms with Crippen LogP contribution in [0.5, 0.6) is 0 Å². The van der Waals surface area contributed by atoms with Gasteiger partial charge < -0.3 is 9.84 Å². The van der Waals surface area contributed by atoms with Crippen molar-refractivity contribution in [2.75, 3.05) is 19.7 Å². The van der Waals surface area contributed by atoms with Gasteiger partial charge in [0.05, 0.1) is 12.0 Å². The lowest BCUT2D eigenvalue weighted by molar-refractivity contribution is -0.145. The summed E-state index contributed by atoms with van der Waals surface area (Å²) in [7, 11) is 0. The maximum atomic E-state index is 11.1. The van der Waals surface area contributed by atoms with Crippen molar-refractivity contribution in [2.45, 2.75) is 51.2 Å². The molecule has 2 aliphatic heterocycles. The van der Waals surface area contributed by atoms with Gasteiger partial charge in [-0.1, -0.05) is 0 Å². The first kappa shape index (κ1) is 12.8. The van der Waals surface area contributed by atoms with Gasteiger partial charge in [0.1, 0.15) is 0 Å². The highest BCUT2D eigenvalue weighted by Gasteiger charge is 2.38. The molecule has 0 bridgehead atoms. The fourth-order valence-electron chi connectivity index (χ4n) is 2.85. The van der Waals surface area contributed by atoms with Crippen LogP contribution in [-0.2, 0) is 9.53 Å². The van der Waals surface area contributed by atoms with E-state index >= 15 is 0 Å². The molecule has 0 aliphatic carbocycles. The van der Waals surface area contributed by atoms with Crippen molar-refractivity contribution >= 4 is 5.97 Å². The Morgan fingerprint density at radius 3 is 2.82 bits per heavy atom. The molecule has 2 fully saturated rings. The molecular formula is C13H23NO3. The van der Waals surface area contributed by atoms with E-state index in [0.29, 0.717) is 12.6 Å². The first-order valence-corrected chi connectivity index (χ1v) is 6.58. The van der Waals surface area contributed by atoms with Crippen LogP contribution in [0.4, 0.5) is 0 Å². The number of nitrogens with zero attached hydrogens (tertiary/aromatic N) is 1. The molecule has 2 rings (SSSR count). The molecule has 0 aromatic heterocycles. The predicted molar refractivity (Wildman–Crippen MR) is 65.0 cm³/mol. The van der Waals surface area contributed by atoms with Gasteiger partial charge in [-0.3, -0.25) is 9.69 Å². The van der Waals surface area contributed by atoms with Gasteiger partial charge in [-0.05, 0) is 39.5 Å². The third-order valence-electron chi connectivity index (χ3n) is 4.20. The van der Waals surface area contributed by atoms with Crippen LogP contribution < -0.4 is 0 Å². The smallest absolute Gasteiger partial charge is 0.307 e. The van der Waals surface area contributed by atoms with Crippen molar-refractivity contribution in [1.29, 1.82) is 0 Å². The number of piperidine rings is 1. The quantitative estimate of drug-likeness (QED) is 0.817. The van der Waals surface area contributed by atoms with E-state index in [0.717, 1.165) is 38.8 Å². The van der Waals surface area contributed by atoms with Crippen molar-refractivity contribution in [1.82, 2.24) is 4.90 Å². The lowest BCUT2D eigenvalue weighted by atomic mass is 9.84. The van der Waals surface area contributed by atoms with E-state index in [1.807, 2.05) is 0 Å². The summed E-state index contributed by atoms with van der Waals surface area (Å²) in [6, 6.07) is 0. The van der Waals surface area contributed by atoms with Gasteiger partial charge in [0.2, 0.25) is 0 Å². The summed E-state index contributed by atoms with van der Waals surface area (Å²) in [4.78, 5) is 13.4. The molecule has 4 heteroatoms. The normalized spacial score (nSPS) is 33.8. The minimum absolute atomic E-state index is 0.109. The molecule has 2 unspecified atom stereocenters. The van der Waals surface area contributed by atoms with E-state index in [9.17, 15) is 4.79 Å². The van der Waals surface area contributed by atoms with Crippen LogP contribution in [0.3, 0.4) is 0 Å². The number of likely N-dealkylation sites (tertiary alicyclic amines) is 1. The van der Waals surface area contributed by atoms with Crippen LogP contribution in [0.1, 0.15) is 39.5 Å². The molecule has 17 heavy (non-hydrogen) atoms. The topological polar surface area (TPSA) is 49.8 Å². The number of ether oxygens (including phenoxy) is 1. The minimum Gasteiger partial charge on any atom is -0.481 e. The zero-order valence-corrected chi connectivity index (χ0v) is 10.8. The maximum Gasteiger partial charge on any atom is 0.307 e. The highest BCUT2D eigenvalue weighted by Crippen LogP contribution is 2.31. The van der Waals surface area contributed by atoms with E-state index < -0.39 is 5.97 Å². The third-order valence-corrected chi connectivity index (χ3v) is 4.20. The Kier molecular flexibility index (Phi) is 3.73. The summed E-state index contributed by atoms with van der Waals surface area (Å²) in [5, 5.41) is 9.13.